The van der Waals surface area contributed by atoms with Crippen molar-refractivity contribution in [2.75, 3.05) is 4.90 Å². The van der Waals surface area contributed by atoms with Gasteiger partial charge in [0, 0.05) is 39.1 Å². The van der Waals surface area contributed by atoms with Crippen LogP contribution in [0, 0.1) is 0 Å². The molecular formula is C62H42N2. The van der Waals surface area contributed by atoms with Gasteiger partial charge in [0.15, 0.2) is 0 Å². The van der Waals surface area contributed by atoms with Crippen molar-refractivity contribution in [2.24, 2.45) is 0 Å². The highest BCUT2D eigenvalue weighted by atomic mass is 15.1. The first-order valence-corrected chi connectivity index (χ1v) is 22.0. The highest BCUT2D eigenvalue weighted by molar-refractivity contribution is 6.20. The Labute approximate surface area is 373 Å². The molecule has 0 unspecified atom stereocenters. The minimum atomic E-state index is 1.09. The monoisotopic (exact) mass is 814 g/mol. The number of hydrogen-bond acceptors (Lipinski definition) is 1. The van der Waals surface area contributed by atoms with Gasteiger partial charge < -0.3 is 9.47 Å². The summed E-state index contributed by atoms with van der Waals surface area (Å²) in [7, 11) is 0. The van der Waals surface area contributed by atoms with E-state index in [0.717, 1.165) is 33.9 Å². The molecule has 0 aliphatic carbocycles. The van der Waals surface area contributed by atoms with E-state index in [1.54, 1.807) is 0 Å². The van der Waals surface area contributed by atoms with Gasteiger partial charge in [-0.1, -0.05) is 200 Å². The van der Waals surface area contributed by atoms with Crippen molar-refractivity contribution < 1.29 is 0 Å². The van der Waals surface area contributed by atoms with Crippen LogP contribution < -0.4 is 4.90 Å². The van der Waals surface area contributed by atoms with Gasteiger partial charge in [0.25, 0.3) is 0 Å². The van der Waals surface area contributed by atoms with Gasteiger partial charge >= 0.3 is 0 Å². The first-order chi connectivity index (χ1) is 31.7. The van der Waals surface area contributed by atoms with E-state index < -0.39 is 0 Å². The number of nitrogens with zero attached hydrogens (tertiary/aromatic N) is 2. The first kappa shape index (κ1) is 37.3. The molecule has 300 valence electrons. The van der Waals surface area contributed by atoms with Gasteiger partial charge in [0.05, 0.1) is 11.0 Å². The van der Waals surface area contributed by atoms with E-state index in [4.69, 9.17) is 0 Å². The summed E-state index contributed by atoms with van der Waals surface area (Å²) in [5.74, 6) is 0. The van der Waals surface area contributed by atoms with E-state index in [-0.39, 0.29) is 0 Å². The Morgan fingerprint density at radius 3 is 1.39 bits per heavy atom. The van der Waals surface area contributed by atoms with Crippen molar-refractivity contribution in [1.29, 1.82) is 0 Å². The summed E-state index contributed by atoms with van der Waals surface area (Å²) in [5.41, 5.74) is 16.4. The van der Waals surface area contributed by atoms with Crippen molar-refractivity contribution in [3.8, 4) is 50.2 Å². The van der Waals surface area contributed by atoms with Crippen LogP contribution in [0.1, 0.15) is 0 Å². The summed E-state index contributed by atoms with van der Waals surface area (Å²) in [6.07, 6.45) is 0. The van der Waals surface area contributed by atoms with Crippen LogP contribution >= 0.6 is 0 Å². The lowest BCUT2D eigenvalue weighted by Gasteiger charge is -2.26. The molecule has 0 saturated carbocycles. The maximum absolute atomic E-state index is 2.47. The van der Waals surface area contributed by atoms with Crippen molar-refractivity contribution in [3.05, 3.63) is 255 Å². The van der Waals surface area contributed by atoms with Crippen LogP contribution in [0.5, 0.6) is 0 Å². The molecule has 0 saturated heterocycles. The average molecular weight is 815 g/mol. The highest BCUT2D eigenvalue weighted by Gasteiger charge is 2.19. The van der Waals surface area contributed by atoms with Gasteiger partial charge in [-0.05, 0) is 115 Å². The van der Waals surface area contributed by atoms with Crippen molar-refractivity contribution in [3.63, 3.8) is 0 Å². The minimum absolute atomic E-state index is 1.09. The molecule has 2 nitrogen and oxygen atoms in total. The molecule has 0 fully saturated rings. The standard InChI is InChI=1S/C62H42N2/c1-3-14-43(15-4-1)45-30-36-51(37-31-45)63(52-38-32-46(33-39-52)44-16-5-2-6-17-44)53-40-34-47(35-41-53)50-20-11-21-54(42-50)64-60-27-10-9-23-56(60)58-25-13-26-59(62(58)64)57-24-12-19-49-29-28-48-18-7-8-22-55(48)61(49)57/h1-42H. The van der Waals surface area contributed by atoms with Crippen LogP contribution in [0.25, 0.3) is 93.5 Å². The molecule has 1 heterocycles. The Kier molecular flexibility index (Phi) is 9.20. The predicted octanol–water partition coefficient (Wildman–Crippen LogP) is 17.2. The third kappa shape index (κ3) is 6.52. The molecule has 0 bridgehead atoms. The Balaban J connectivity index is 0.960. The van der Waals surface area contributed by atoms with E-state index in [2.05, 4.69) is 264 Å². The van der Waals surface area contributed by atoms with Gasteiger partial charge in [-0.25, -0.2) is 0 Å². The molecule has 0 N–H and O–H groups in total. The fourth-order valence-electron chi connectivity index (χ4n) is 9.73. The number of aromatic nitrogens is 1. The largest absolute Gasteiger partial charge is 0.311 e. The molecule has 0 amide bonds. The molecule has 0 atom stereocenters. The predicted molar refractivity (Wildman–Crippen MR) is 272 cm³/mol. The molecule has 0 radical (unpaired) electrons. The highest BCUT2D eigenvalue weighted by Crippen LogP contribution is 2.43. The molecule has 11 aromatic carbocycles. The van der Waals surface area contributed by atoms with Crippen LogP contribution in [0.2, 0.25) is 0 Å². The topological polar surface area (TPSA) is 8.17 Å². The summed E-state index contributed by atoms with van der Waals surface area (Å²) < 4.78 is 2.47. The van der Waals surface area contributed by atoms with E-state index >= 15 is 0 Å². The second-order valence-electron chi connectivity index (χ2n) is 16.5. The Bertz CT molecular complexity index is 3540. The zero-order chi connectivity index (χ0) is 42.4. The molecule has 0 aliphatic rings. The maximum atomic E-state index is 2.47. The third-order valence-electron chi connectivity index (χ3n) is 12.8. The van der Waals surface area contributed by atoms with Gasteiger partial charge in [0.1, 0.15) is 0 Å². The van der Waals surface area contributed by atoms with Gasteiger partial charge in [-0.2, -0.15) is 0 Å². The fraction of sp³-hybridized carbons (Fsp3) is 0. The summed E-state index contributed by atoms with van der Waals surface area (Å²) in [4.78, 5) is 2.35. The SMILES string of the molecule is c1ccc(-c2ccc(N(c3ccc(-c4ccccc4)cc3)c3ccc(-c4cccc(-n5c6ccccc6c6cccc(-c7cccc8ccc9ccccc9c78)c65)c4)cc3)cc2)cc1. The normalized spacial score (nSPS) is 11.4. The number of anilines is 3. The summed E-state index contributed by atoms with van der Waals surface area (Å²) in [5, 5.41) is 7.54. The zero-order valence-corrected chi connectivity index (χ0v) is 35.1. The molecular weight excluding hydrogens is 773 g/mol. The van der Waals surface area contributed by atoms with Crippen molar-refractivity contribution in [2.45, 2.75) is 0 Å². The molecule has 12 rings (SSSR count). The number of rotatable bonds is 8. The summed E-state index contributed by atoms with van der Waals surface area (Å²) in [6.45, 7) is 0. The lowest BCUT2D eigenvalue weighted by Crippen LogP contribution is -2.09. The lowest BCUT2D eigenvalue weighted by atomic mass is 9.92. The quantitative estimate of drug-likeness (QED) is 0.139. The fourth-order valence-corrected chi connectivity index (χ4v) is 9.73. The molecule has 12 aromatic rings. The smallest absolute Gasteiger partial charge is 0.0619 e. The maximum Gasteiger partial charge on any atom is 0.0619 e. The van der Waals surface area contributed by atoms with E-state index in [0.29, 0.717) is 0 Å². The van der Waals surface area contributed by atoms with Crippen LogP contribution in [-0.4, -0.2) is 4.57 Å². The lowest BCUT2D eigenvalue weighted by molar-refractivity contribution is 1.18. The average Bonchev–Trinajstić information content (AvgIpc) is 3.72. The minimum Gasteiger partial charge on any atom is -0.311 e. The van der Waals surface area contributed by atoms with Crippen LogP contribution in [0.15, 0.2) is 255 Å². The Hall–Kier alpha value is -8.46. The van der Waals surface area contributed by atoms with Crippen molar-refractivity contribution in [1.82, 2.24) is 4.57 Å². The van der Waals surface area contributed by atoms with E-state index in [1.807, 2.05) is 0 Å². The van der Waals surface area contributed by atoms with Crippen LogP contribution in [-0.2, 0) is 0 Å². The second kappa shape index (κ2) is 15.8. The summed E-state index contributed by atoms with van der Waals surface area (Å²) >= 11 is 0. The number of para-hydroxylation sites is 2. The number of hydrogen-bond donors (Lipinski definition) is 0. The van der Waals surface area contributed by atoms with E-state index in [1.165, 1.54) is 76.7 Å². The van der Waals surface area contributed by atoms with Crippen LogP contribution in [0.3, 0.4) is 0 Å². The molecule has 0 aliphatic heterocycles. The number of benzene rings is 11. The van der Waals surface area contributed by atoms with E-state index in [9.17, 15) is 0 Å². The second-order valence-corrected chi connectivity index (χ2v) is 16.5. The Morgan fingerprint density at radius 2 is 0.734 bits per heavy atom. The van der Waals surface area contributed by atoms with Crippen molar-refractivity contribution >= 4 is 60.4 Å². The van der Waals surface area contributed by atoms with Gasteiger partial charge in [-0.15, -0.1) is 0 Å². The number of fused-ring (bicyclic) bond motifs is 6. The molecule has 0 spiro atoms. The Morgan fingerprint density at radius 1 is 0.281 bits per heavy atom. The summed E-state index contributed by atoms with van der Waals surface area (Å²) in [6, 6.07) is 92.6. The first-order valence-electron chi connectivity index (χ1n) is 22.0. The molecule has 1 aromatic heterocycles. The zero-order valence-electron chi connectivity index (χ0n) is 35.1. The third-order valence-corrected chi connectivity index (χ3v) is 12.8. The van der Waals surface area contributed by atoms with Gasteiger partial charge in [0.2, 0.25) is 0 Å². The van der Waals surface area contributed by atoms with Crippen LogP contribution in [0.4, 0.5) is 17.1 Å². The molecule has 64 heavy (non-hydrogen) atoms. The van der Waals surface area contributed by atoms with Gasteiger partial charge in [-0.3, -0.25) is 0 Å². The molecule has 2 heteroatoms.